The zero-order valence-corrected chi connectivity index (χ0v) is 14.4. The Morgan fingerprint density at radius 1 is 0.955 bits per heavy atom. The van der Waals surface area contributed by atoms with Gasteiger partial charge in [0.25, 0.3) is 0 Å². The number of hydrogen-bond acceptors (Lipinski definition) is 0. The third kappa shape index (κ3) is 2.86. The van der Waals surface area contributed by atoms with Crippen LogP contribution in [0.4, 0.5) is 5.69 Å². The largest absolute Gasteiger partial charge is 1.00 e. The molecule has 2 aromatic rings. The molecule has 3 rings (SSSR count). The normalized spacial score (nSPS) is 17.3. The van der Waals surface area contributed by atoms with Crippen LogP contribution in [0.5, 0.6) is 0 Å². The predicted octanol–water partition coefficient (Wildman–Crippen LogP) is 5.05. The van der Waals surface area contributed by atoms with Crippen molar-refractivity contribution in [2.45, 2.75) is 26.2 Å². The Kier molecular flexibility index (Phi) is 3.70. The van der Waals surface area contributed by atoms with Gasteiger partial charge in [0.05, 0.1) is 21.1 Å². The third-order valence-electron chi connectivity index (χ3n) is 4.70. The van der Waals surface area contributed by atoms with Crippen LogP contribution in [0.15, 0.2) is 48.0 Å². The lowest BCUT2D eigenvalue weighted by Crippen LogP contribution is -2.34. The van der Waals surface area contributed by atoms with Gasteiger partial charge in [0.15, 0.2) is 0 Å². The Hall–Kier alpha value is -1.86. The summed E-state index contributed by atoms with van der Waals surface area (Å²) in [6.45, 7) is 4.43. The van der Waals surface area contributed by atoms with Crippen molar-refractivity contribution in [3.05, 3.63) is 70.3 Å². The molecule has 22 heavy (non-hydrogen) atoms. The van der Waals surface area contributed by atoms with Crippen LogP contribution in [0.25, 0.3) is 6.08 Å². The van der Waals surface area contributed by atoms with Crippen LogP contribution in [0.3, 0.4) is 0 Å². The first-order valence-corrected chi connectivity index (χ1v) is 8.04. The summed E-state index contributed by atoms with van der Waals surface area (Å²) in [5.74, 6) is 0.533. The second-order valence-corrected chi connectivity index (χ2v) is 7.46. The van der Waals surface area contributed by atoms with Crippen LogP contribution in [-0.2, 0) is 6.42 Å². The van der Waals surface area contributed by atoms with Crippen LogP contribution in [-0.4, -0.2) is 21.1 Å². The summed E-state index contributed by atoms with van der Waals surface area (Å²) >= 11 is 0. The Morgan fingerprint density at radius 2 is 1.64 bits per heavy atom. The molecule has 0 saturated heterocycles. The molecule has 0 fully saturated rings. The van der Waals surface area contributed by atoms with E-state index < -0.39 is 0 Å². The van der Waals surface area contributed by atoms with E-state index in [1.54, 1.807) is 0 Å². The second-order valence-electron chi connectivity index (χ2n) is 7.46. The topological polar surface area (TPSA) is 0 Å². The van der Waals surface area contributed by atoms with Gasteiger partial charge in [-0.2, -0.15) is 0 Å². The van der Waals surface area contributed by atoms with Crippen molar-refractivity contribution in [3.63, 3.8) is 0 Å². The molecule has 116 valence electrons. The van der Waals surface area contributed by atoms with Crippen LogP contribution < -0.4 is 4.48 Å². The van der Waals surface area contributed by atoms with E-state index in [0.717, 1.165) is 10.9 Å². The Morgan fingerprint density at radius 3 is 2.27 bits per heavy atom. The molecule has 0 aromatic heterocycles. The summed E-state index contributed by atoms with van der Waals surface area (Å²) in [5.41, 5.74) is 8.48. The predicted molar refractivity (Wildman–Crippen MR) is 98.4 cm³/mol. The molecule has 0 saturated carbocycles. The Balaban J connectivity index is 0.00000192. The summed E-state index contributed by atoms with van der Waals surface area (Å²) < 4.78 is 0.866. The fourth-order valence-corrected chi connectivity index (χ4v) is 3.31. The van der Waals surface area contributed by atoms with Gasteiger partial charge in [-0.1, -0.05) is 47.5 Å². The van der Waals surface area contributed by atoms with Gasteiger partial charge in [-0.05, 0) is 49.1 Å². The smallest absolute Gasteiger partial charge is 0.132 e. The molecule has 2 aromatic carbocycles. The van der Waals surface area contributed by atoms with Gasteiger partial charge in [-0.3, -0.25) is 4.48 Å². The minimum absolute atomic E-state index is 0. The lowest BCUT2D eigenvalue weighted by molar-refractivity contribution is 0.486. The quantitative estimate of drug-likeness (QED) is 0.695. The van der Waals surface area contributed by atoms with Crippen molar-refractivity contribution in [1.29, 1.82) is 0 Å². The molecule has 1 heteroatoms. The third-order valence-corrected chi connectivity index (χ3v) is 4.70. The lowest BCUT2D eigenvalue weighted by atomic mass is 9.89. The van der Waals surface area contributed by atoms with Gasteiger partial charge >= 0.3 is 0 Å². The van der Waals surface area contributed by atoms with Crippen molar-refractivity contribution in [2.75, 3.05) is 21.1 Å². The Labute approximate surface area is 136 Å². The highest BCUT2D eigenvalue weighted by Crippen LogP contribution is 2.38. The van der Waals surface area contributed by atoms with Gasteiger partial charge in [-0.25, -0.2) is 0 Å². The van der Waals surface area contributed by atoms with E-state index in [-0.39, 0.29) is 1.43 Å². The van der Waals surface area contributed by atoms with Crippen LogP contribution in [0.1, 0.15) is 36.5 Å². The average molecular weight is 295 g/mol. The fraction of sp³-hybridized carbons (Fsp3) is 0.333. The van der Waals surface area contributed by atoms with Gasteiger partial charge in [0, 0.05) is 5.92 Å². The minimum atomic E-state index is 0. The molecule has 0 heterocycles. The molecule has 0 radical (unpaired) electrons. The zero-order valence-electron chi connectivity index (χ0n) is 15.4. The molecule has 1 unspecified atom stereocenters. The van der Waals surface area contributed by atoms with E-state index in [4.69, 9.17) is 0 Å². The molecule has 0 bridgehead atoms. The lowest BCUT2D eigenvalue weighted by Gasteiger charge is -2.23. The van der Waals surface area contributed by atoms with Gasteiger partial charge in [0.1, 0.15) is 5.69 Å². The first-order valence-electron chi connectivity index (χ1n) is 8.04. The molecule has 1 nitrogen and oxygen atoms in total. The van der Waals surface area contributed by atoms with Crippen LogP contribution >= 0.6 is 0 Å². The van der Waals surface area contributed by atoms with Gasteiger partial charge in [-0.15, -0.1) is 0 Å². The van der Waals surface area contributed by atoms with E-state index in [9.17, 15) is 0 Å². The summed E-state index contributed by atoms with van der Waals surface area (Å²) in [6, 6.07) is 16.0. The molecule has 1 atom stereocenters. The maximum atomic E-state index is 2.35. The number of aryl methyl sites for hydroxylation is 1. The SMILES string of the molecule is CC1=Cc2cc(C)ccc2C1Cc1ccc([N+](C)(C)C)cc1.[3H-]. The van der Waals surface area contributed by atoms with E-state index in [1.807, 2.05) is 0 Å². The number of rotatable bonds is 3. The summed E-state index contributed by atoms with van der Waals surface area (Å²) in [6.07, 6.45) is 3.45. The highest BCUT2D eigenvalue weighted by molar-refractivity contribution is 5.67. The van der Waals surface area contributed by atoms with Gasteiger partial charge < -0.3 is 1.43 Å². The highest BCUT2D eigenvalue weighted by atomic mass is 15.3. The van der Waals surface area contributed by atoms with Crippen molar-refractivity contribution < 1.29 is 1.43 Å². The maximum absolute atomic E-state index is 2.35. The molecular weight excluding hydrogens is 266 g/mol. The number of allylic oxidation sites excluding steroid dienone is 1. The summed E-state index contributed by atoms with van der Waals surface area (Å²) in [5, 5.41) is 0. The number of hydrogen-bond donors (Lipinski definition) is 0. The fourth-order valence-electron chi connectivity index (χ4n) is 3.31. The number of fused-ring (bicyclic) bond motifs is 1. The molecular formula is C21H27N. The number of nitrogens with zero attached hydrogens (tertiary/aromatic N) is 1. The summed E-state index contributed by atoms with van der Waals surface area (Å²) in [7, 11) is 6.62. The molecule has 1 aliphatic rings. The van der Waals surface area contributed by atoms with Crippen molar-refractivity contribution in [3.8, 4) is 0 Å². The second kappa shape index (κ2) is 5.40. The average Bonchev–Trinajstić information content (AvgIpc) is 2.74. The zero-order chi connectivity index (χ0) is 15.9. The molecule has 1 aliphatic carbocycles. The van der Waals surface area contributed by atoms with E-state index >= 15 is 0 Å². The number of benzene rings is 2. The van der Waals surface area contributed by atoms with Crippen LogP contribution in [0.2, 0.25) is 0 Å². The molecule has 0 amide bonds. The monoisotopic (exact) mass is 295 g/mol. The first kappa shape index (κ1) is 15.1. The standard InChI is InChI=1S/C21H26N.H/c1-15-6-11-20-18(12-15)13-16(2)21(20)14-17-7-9-19(10-8-17)22(3,4)5;/h6-13,21H,14H2,1-5H3;/q+1;-1/i;1+2. The van der Waals surface area contributed by atoms with Gasteiger partial charge in [0.2, 0.25) is 0 Å². The van der Waals surface area contributed by atoms with E-state index in [1.165, 1.54) is 33.5 Å². The minimum Gasteiger partial charge on any atom is -1.00 e. The molecule has 0 N–H and O–H groups in total. The molecule has 0 spiro atoms. The highest BCUT2D eigenvalue weighted by Gasteiger charge is 2.23. The van der Waals surface area contributed by atoms with Crippen molar-refractivity contribution in [1.82, 2.24) is 4.48 Å². The Bertz CT molecular complexity index is 720. The number of quaternary nitrogens is 1. The van der Waals surface area contributed by atoms with Crippen molar-refractivity contribution in [2.24, 2.45) is 0 Å². The maximum Gasteiger partial charge on any atom is 0.132 e. The summed E-state index contributed by atoms with van der Waals surface area (Å²) in [4.78, 5) is 0. The first-order chi connectivity index (χ1) is 10.3. The van der Waals surface area contributed by atoms with E-state index in [0.29, 0.717) is 5.92 Å². The van der Waals surface area contributed by atoms with Crippen LogP contribution in [0, 0.1) is 6.92 Å². The van der Waals surface area contributed by atoms with E-state index in [2.05, 4.69) is 83.5 Å². The molecule has 0 aliphatic heterocycles. The van der Waals surface area contributed by atoms with Crippen molar-refractivity contribution >= 4 is 11.8 Å².